The second kappa shape index (κ2) is 11.9. The number of morpholine rings is 1. The van der Waals surface area contributed by atoms with Gasteiger partial charge in [0.1, 0.15) is 11.5 Å². The van der Waals surface area contributed by atoms with Crippen molar-refractivity contribution < 1.29 is 34.0 Å². The zero-order valence-corrected chi connectivity index (χ0v) is 21.7. The maximum Gasteiger partial charge on any atom is 0.295 e. The van der Waals surface area contributed by atoms with Crippen molar-refractivity contribution in [3.63, 3.8) is 0 Å². The van der Waals surface area contributed by atoms with Gasteiger partial charge in [-0.3, -0.25) is 14.5 Å². The fraction of sp³-hybridized carbons (Fsp3) is 0.407. The molecule has 1 atom stereocenters. The number of carbonyl (C=O) groups is 2. The van der Waals surface area contributed by atoms with Gasteiger partial charge < -0.3 is 29.3 Å². The van der Waals surface area contributed by atoms with Crippen molar-refractivity contribution in [3.05, 3.63) is 58.1 Å². The van der Waals surface area contributed by atoms with Crippen LogP contribution in [0.1, 0.15) is 30.5 Å². The number of Topliss-reactive ketones (excluding diaryl/α,β-unsaturated/α-hetero) is 1. The molecule has 2 aromatic rings. The van der Waals surface area contributed by atoms with Gasteiger partial charge in [-0.2, -0.15) is 0 Å². The smallest absolute Gasteiger partial charge is 0.295 e. The number of rotatable bonds is 9. The summed E-state index contributed by atoms with van der Waals surface area (Å²) in [6, 6.07) is 8.40. The molecule has 0 radical (unpaired) electrons. The van der Waals surface area contributed by atoms with Crippen molar-refractivity contribution in [1.82, 2.24) is 9.80 Å². The predicted molar refractivity (Wildman–Crippen MR) is 138 cm³/mol. The summed E-state index contributed by atoms with van der Waals surface area (Å²) in [6.07, 6.45) is 0.625. The van der Waals surface area contributed by atoms with Crippen molar-refractivity contribution in [2.75, 3.05) is 53.1 Å². The summed E-state index contributed by atoms with van der Waals surface area (Å²) in [6.45, 7) is 6.27. The van der Waals surface area contributed by atoms with Crippen LogP contribution < -0.4 is 9.47 Å². The summed E-state index contributed by atoms with van der Waals surface area (Å²) in [7, 11) is 1.50. The zero-order chi connectivity index (χ0) is 26.5. The fourth-order valence-corrected chi connectivity index (χ4v) is 4.89. The monoisotopic (exact) mass is 530 g/mol. The SMILES string of the molecule is CCOc1ccc(C2C(=C(O)c3cc(Cl)ccc3O)C(=O)C(=O)N2CCCN2CCOCC2)cc1OC. The molecule has 1 unspecified atom stereocenters. The maximum absolute atomic E-state index is 13.3. The van der Waals surface area contributed by atoms with E-state index in [4.69, 9.17) is 25.8 Å². The molecule has 2 N–H and O–H groups in total. The number of carbonyl (C=O) groups excluding carboxylic acids is 2. The Hall–Kier alpha value is -3.27. The highest BCUT2D eigenvalue weighted by molar-refractivity contribution is 6.46. The fourth-order valence-electron chi connectivity index (χ4n) is 4.72. The van der Waals surface area contributed by atoms with Gasteiger partial charge in [0, 0.05) is 31.2 Å². The minimum absolute atomic E-state index is 0.0262. The number of halogens is 1. The van der Waals surface area contributed by atoms with Crippen LogP contribution in [0.25, 0.3) is 5.76 Å². The number of aliphatic hydroxyl groups is 1. The molecular weight excluding hydrogens is 500 g/mol. The molecule has 4 rings (SSSR count). The first-order valence-corrected chi connectivity index (χ1v) is 12.6. The van der Waals surface area contributed by atoms with E-state index < -0.39 is 23.5 Å². The average Bonchev–Trinajstić information content (AvgIpc) is 3.15. The van der Waals surface area contributed by atoms with Crippen LogP contribution in [-0.4, -0.2) is 84.8 Å². The lowest BCUT2D eigenvalue weighted by Crippen LogP contribution is -2.39. The average molecular weight is 531 g/mol. The minimum atomic E-state index is -0.896. The molecule has 2 fully saturated rings. The van der Waals surface area contributed by atoms with Crippen LogP contribution in [0.15, 0.2) is 42.0 Å². The number of amides is 1. The van der Waals surface area contributed by atoms with E-state index in [0.29, 0.717) is 49.8 Å². The number of nitrogens with zero attached hydrogens (tertiary/aromatic N) is 2. The van der Waals surface area contributed by atoms with Crippen molar-refractivity contribution in [2.24, 2.45) is 0 Å². The number of aliphatic hydroxyl groups excluding tert-OH is 1. The number of ether oxygens (including phenoxy) is 3. The zero-order valence-electron chi connectivity index (χ0n) is 20.9. The van der Waals surface area contributed by atoms with Crippen molar-refractivity contribution in [2.45, 2.75) is 19.4 Å². The second-order valence-electron chi connectivity index (χ2n) is 8.80. The van der Waals surface area contributed by atoms with Gasteiger partial charge in [-0.25, -0.2) is 0 Å². The van der Waals surface area contributed by atoms with Gasteiger partial charge in [-0.1, -0.05) is 17.7 Å². The number of likely N-dealkylation sites (tertiary alicyclic amines) is 1. The summed E-state index contributed by atoms with van der Waals surface area (Å²) >= 11 is 6.09. The van der Waals surface area contributed by atoms with Gasteiger partial charge in [-0.05, 0) is 49.2 Å². The Morgan fingerprint density at radius 1 is 1.11 bits per heavy atom. The summed E-state index contributed by atoms with van der Waals surface area (Å²) in [4.78, 5) is 30.3. The molecule has 2 aliphatic heterocycles. The predicted octanol–water partition coefficient (Wildman–Crippen LogP) is 3.60. The number of hydrogen-bond donors (Lipinski definition) is 2. The van der Waals surface area contributed by atoms with Crippen LogP contribution in [0.3, 0.4) is 0 Å². The van der Waals surface area contributed by atoms with Crippen LogP contribution in [0.5, 0.6) is 17.2 Å². The highest BCUT2D eigenvalue weighted by Crippen LogP contribution is 2.43. The molecule has 0 saturated carbocycles. The van der Waals surface area contributed by atoms with E-state index in [1.807, 2.05) is 6.92 Å². The van der Waals surface area contributed by atoms with Crippen LogP contribution in [0.4, 0.5) is 0 Å². The van der Waals surface area contributed by atoms with Crippen LogP contribution in [-0.2, 0) is 14.3 Å². The molecule has 9 nitrogen and oxygen atoms in total. The third kappa shape index (κ3) is 5.69. The molecule has 2 aromatic carbocycles. The van der Waals surface area contributed by atoms with E-state index in [9.17, 15) is 19.8 Å². The first-order chi connectivity index (χ1) is 17.8. The lowest BCUT2D eigenvalue weighted by Gasteiger charge is -2.29. The van der Waals surface area contributed by atoms with Gasteiger partial charge >= 0.3 is 0 Å². The highest BCUT2D eigenvalue weighted by Gasteiger charge is 2.46. The van der Waals surface area contributed by atoms with Gasteiger partial charge in [-0.15, -0.1) is 0 Å². The number of ketones is 1. The van der Waals surface area contributed by atoms with Crippen LogP contribution in [0.2, 0.25) is 5.02 Å². The van der Waals surface area contributed by atoms with E-state index in [2.05, 4.69) is 4.90 Å². The summed E-state index contributed by atoms with van der Waals surface area (Å²) in [5.41, 5.74) is 0.413. The molecule has 0 spiro atoms. The highest BCUT2D eigenvalue weighted by atomic mass is 35.5. The third-order valence-electron chi connectivity index (χ3n) is 6.53. The van der Waals surface area contributed by atoms with Gasteiger partial charge in [0.25, 0.3) is 11.7 Å². The van der Waals surface area contributed by atoms with Gasteiger partial charge in [0.2, 0.25) is 0 Å². The number of hydrogen-bond acceptors (Lipinski definition) is 8. The van der Waals surface area contributed by atoms with Crippen LogP contribution in [0, 0.1) is 0 Å². The number of methoxy groups -OCH3 is 1. The number of phenolic OH excluding ortho intramolecular Hbond substituents is 1. The van der Waals surface area contributed by atoms with Gasteiger partial charge in [0.15, 0.2) is 11.5 Å². The summed E-state index contributed by atoms with van der Waals surface area (Å²) in [5, 5.41) is 21.9. The Bertz CT molecular complexity index is 1190. The second-order valence-corrected chi connectivity index (χ2v) is 9.24. The number of benzene rings is 2. The minimum Gasteiger partial charge on any atom is -0.507 e. The molecular formula is C27H31ClN2O7. The largest absolute Gasteiger partial charge is 0.507 e. The third-order valence-corrected chi connectivity index (χ3v) is 6.77. The molecule has 37 heavy (non-hydrogen) atoms. The summed E-state index contributed by atoms with van der Waals surface area (Å²) < 4.78 is 16.5. The van der Waals surface area contributed by atoms with E-state index >= 15 is 0 Å². The number of aromatic hydroxyl groups is 1. The Morgan fingerprint density at radius 3 is 2.57 bits per heavy atom. The Labute approximate surface area is 220 Å². The van der Waals surface area contributed by atoms with Crippen molar-refractivity contribution >= 4 is 29.1 Å². The van der Waals surface area contributed by atoms with E-state index in [-0.39, 0.29) is 21.9 Å². The topological polar surface area (TPSA) is 109 Å². The quantitative estimate of drug-likeness (QED) is 0.287. The standard InChI is InChI=1S/C27H31ClN2O7/c1-3-37-21-8-5-17(15-22(21)35-2)24-23(25(32)19-16-18(28)6-7-20(19)31)26(33)27(34)30(24)10-4-9-29-11-13-36-14-12-29/h5-8,15-16,24,31-32H,3-4,9-14H2,1-2H3. The molecule has 0 aromatic heterocycles. The molecule has 1 amide bonds. The molecule has 2 saturated heterocycles. The molecule has 0 bridgehead atoms. The van der Waals surface area contributed by atoms with Gasteiger partial charge in [0.05, 0.1) is 44.1 Å². The van der Waals surface area contributed by atoms with E-state index in [0.717, 1.165) is 19.6 Å². The van der Waals surface area contributed by atoms with Crippen molar-refractivity contribution in [3.8, 4) is 17.2 Å². The van der Waals surface area contributed by atoms with Crippen molar-refractivity contribution in [1.29, 1.82) is 0 Å². The Balaban J connectivity index is 1.75. The van der Waals surface area contributed by atoms with E-state index in [1.54, 1.807) is 18.2 Å². The number of phenols is 1. The normalized spacial score (nSPS) is 19.9. The molecule has 198 valence electrons. The summed E-state index contributed by atoms with van der Waals surface area (Å²) in [5.74, 6) is -1.35. The van der Waals surface area contributed by atoms with E-state index in [1.165, 1.54) is 30.2 Å². The lowest BCUT2D eigenvalue weighted by atomic mass is 9.94. The Morgan fingerprint density at radius 2 is 1.86 bits per heavy atom. The Kier molecular flexibility index (Phi) is 8.58. The lowest BCUT2D eigenvalue weighted by molar-refractivity contribution is -0.140. The first kappa shape index (κ1) is 26.8. The molecule has 0 aliphatic carbocycles. The first-order valence-electron chi connectivity index (χ1n) is 12.2. The molecule has 2 heterocycles. The van der Waals surface area contributed by atoms with Crippen LogP contribution >= 0.6 is 11.6 Å². The molecule has 10 heteroatoms. The molecule has 2 aliphatic rings. The maximum atomic E-state index is 13.3.